The molecule has 6 heteroatoms. The first-order valence-corrected chi connectivity index (χ1v) is 4.73. The summed E-state index contributed by atoms with van der Waals surface area (Å²) < 4.78 is 25.7. The molecule has 0 spiro atoms. The van der Waals surface area contributed by atoms with Crippen LogP contribution in [0.25, 0.3) is 0 Å². The van der Waals surface area contributed by atoms with E-state index in [-0.39, 0.29) is 18.1 Å². The first-order valence-electron chi connectivity index (χ1n) is 4.19. The van der Waals surface area contributed by atoms with Gasteiger partial charge in [-0.3, -0.25) is 0 Å². The molecule has 1 aromatic carbocycles. The van der Waals surface area contributed by atoms with Crippen LogP contribution in [0.3, 0.4) is 0 Å². The third kappa shape index (κ3) is 3.71. The second kappa shape index (κ2) is 5.50. The highest BCUT2D eigenvalue weighted by Crippen LogP contribution is 2.14. The molecule has 0 bridgehead atoms. The summed E-state index contributed by atoms with van der Waals surface area (Å²) in [6, 6.07) is 2.18. The molecule has 0 saturated heterocycles. The highest BCUT2D eigenvalue weighted by Gasteiger charge is 2.06. The van der Waals surface area contributed by atoms with E-state index in [1.54, 1.807) is 0 Å². The average Bonchev–Trinajstić information content (AvgIpc) is 2.20. The fourth-order valence-corrected chi connectivity index (χ4v) is 1.02. The van der Waals surface area contributed by atoms with E-state index in [1.807, 2.05) is 0 Å². The van der Waals surface area contributed by atoms with Crippen molar-refractivity contribution in [3.63, 3.8) is 0 Å². The number of urea groups is 1. The van der Waals surface area contributed by atoms with Crippen molar-refractivity contribution in [2.75, 3.05) is 17.7 Å². The van der Waals surface area contributed by atoms with Crippen molar-refractivity contribution in [2.24, 2.45) is 0 Å². The van der Waals surface area contributed by atoms with Crippen LogP contribution in [0.4, 0.5) is 19.3 Å². The number of halogens is 3. The van der Waals surface area contributed by atoms with Gasteiger partial charge in [-0.2, -0.15) is 0 Å². The van der Waals surface area contributed by atoms with E-state index in [0.29, 0.717) is 0 Å². The van der Waals surface area contributed by atoms with E-state index in [2.05, 4.69) is 10.6 Å². The molecule has 0 aliphatic heterocycles. The van der Waals surface area contributed by atoms with Crippen molar-refractivity contribution < 1.29 is 13.6 Å². The van der Waals surface area contributed by atoms with Gasteiger partial charge in [-0.1, -0.05) is 0 Å². The Hall–Kier alpha value is -1.36. The van der Waals surface area contributed by atoms with Gasteiger partial charge in [-0.25, -0.2) is 13.6 Å². The molecule has 3 nitrogen and oxygen atoms in total. The van der Waals surface area contributed by atoms with E-state index in [4.69, 9.17) is 11.6 Å². The number of alkyl halides is 1. The third-order valence-corrected chi connectivity index (χ3v) is 1.75. The minimum atomic E-state index is -0.697. The molecule has 0 fully saturated rings. The zero-order chi connectivity index (χ0) is 11.3. The van der Waals surface area contributed by atoms with Crippen LogP contribution in [0, 0.1) is 11.6 Å². The number of amides is 2. The van der Waals surface area contributed by atoms with Crippen LogP contribution in [-0.2, 0) is 0 Å². The van der Waals surface area contributed by atoms with Crippen LogP contribution in [-0.4, -0.2) is 18.5 Å². The summed E-state index contributed by atoms with van der Waals surface area (Å²) in [5.74, 6) is -1.07. The fourth-order valence-electron chi connectivity index (χ4n) is 0.921. The summed E-state index contributed by atoms with van der Waals surface area (Å²) in [6.07, 6.45) is 0. The van der Waals surface area contributed by atoms with Gasteiger partial charge in [0.25, 0.3) is 0 Å². The smallest absolute Gasteiger partial charge is 0.319 e. The van der Waals surface area contributed by atoms with Crippen LogP contribution >= 0.6 is 11.6 Å². The Labute approximate surface area is 90.4 Å². The molecule has 82 valence electrons. The van der Waals surface area contributed by atoms with Gasteiger partial charge in [0.15, 0.2) is 0 Å². The van der Waals surface area contributed by atoms with E-state index in [9.17, 15) is 13.6 Å². The fraction of sp³-hybridized carbons (Fsp3) is 0.222. The number of carbonyl (C=O) groups excluding carboxylic acids is 1. The highest BCUT2D eigenvalue weighted by molar-refractivity contribution is 6.18. The summed E-state index contributed by atoms with van der Waals surface area (Å²) in [7, 11) is 0. The van der Waals surface area contributed by atoms with Gasteiger partial charge in [0.05, 0.1) is 5.69 Å². The second-order valence-corrected chi connectivity index (χ2v) is 3.07. The molecule has 0 heterocycles. The Bertz CT molecular complexity index is 360. The van der Waals surface area contributed by atoms with E-state index in [0.717, 1.165) is 18.2 Å². The molecule has 0 atom stereocenters. The van der Waals surface area contributed by atoms with Gasteiger partial charge >= 0.3 is 6.03 Å². The predicted molar refractivity (Wildman–Crippen MR) is 54.1 cm³/mol. The van der Waals surface area contributed by atoms with E-state index in [1.165, 1.54) is 0 Å². The number of rotatable bonds is 3. The molecule has 0 radical (unpaired) electrons. The van der Waals surface area contributed by atoms with Gasteiger partial charge in [0, 0.05) is 18.5 Å². The minimum absolute atomic E-state index is 0.206. The maximum Gasteiger partial charge on any atom is 0.319 e. The Kier molecular flexibility index (Phi) is 4.30. The molecule has 2 N–H and O–H groups in total. The monoisotopic (exact) mass is 234 g/mol. The summed E-state index contributed by atoms with van der Waals surface area (Å²) in [6.45, 7) is 0.254. The van der Waals surface area contributed by atoms with Crippen LogP contribution in [0.5, 0.6) is 0 Å². The topological polar surface area (TPSA) is 41.1 Å². The Balaban J connectivity index is 2.63. The van der Waals surface area contributed by atoms with Crippen molar-refractivity contribution >= 4 is 23.3 Å². The average molecular weight is 235 g/mol. The zero-order valence-corrected chi connectivity index (χ0v) is 8.44. The number of anilines is 1. The lowest BCUT2D eigenvalue weighted by Gasteiger charge is -2.06. The van der Waals surface area contributed by atoms with Crippen molar-refractivity contribution in [3.05, 3.63) is 29.8 Å². The van der Waals surface area contributed by atoms with E-state index < -0.39 is 17.7 Å². The molecule has 0 aliphatic carbocycles. The number of benzene rings is 1. The van der Waals surface area contributed by atoms with Crippen LogP contribution < -0.4 is 10.6 Å². The number of nitrogens with one attached hydrogen (secondary N) is 2. The second-order valence-electron chi connectivity index (χ2n) is 2.69. The molecule has 1 aromatic rings. The van der Waals surface area contributed by atoms with Gasteiger partial charge in [-0.15, -0.1) is 11.6 Å². The molecule has 0 aliphatic rings. The van der Waals surface area contributed by atoms with Crippen molar-refractivity contribution in [1.82, 2.24) is 5.32 Å². The Morgan fingerprint density at radius 2 is 2.13 bits per heavy atom. The predicted octanol–water partition coefficient (Wildman–Crippen LogP) is 2.33. The molecule has 1 rings (SSSR count). The quantitative estimate of drug-likeness (QED) is 0.775. The number of carbonyl (C=O) groups is 1. The summed E-state index contributed by atoms with van der Waals surface area (Å²) in [5, 5.41) is 4.52. The molecule has 15 heavy (non-hydrogen) atoms. The van der Waals surface area contributed by atoms with Crippen molar-refractivity contribution in [2.45, 2.75) is 0 Å². The third-order valence-electron chi connectivity index (χ3n) is 1.56. The van der Waals surface area contributed by atoms with Gasteiger partial charge < -0.3 is 10.6 Å². The molecule has 0 aromatic heterocycles. The first-order chi connectivity index (χ1) is 7.13. The summed E-state index contributed by atoms with van der Waals surface area (Å²) in [5.41, 5.74) is -0.206. The van der Waals surface area contributed by atoms with Gasteiger partial charge in [0.1, 0.15) is 11.6 Å². The van der Waals surface area contributed by atoms with Crippen LogP contribution in [0.15, 0.2) is 18.2 Å². The summed E-state index contributed by atoms with van der Waals surface area (Å²) >= 11 is 5.33. The van der Waals surface area contributed by atoms with Gasteiger partial charge in [-0.05, 0) is 12.1 Å². The maximum absolute atomic E-state index is 13.0. The lowest BCUT2D eigenvalue weighted by atomic mass is 10.3. The van der Waals surface area contributed by atoms with Crippen LogP contribution in [0.2, 0.25) is 0 Å². The highest BCUT2D eigenvalue weighted by atomic mass is 35.5. The van der Waals surface area contributed by atoms with Crippen molar-refractivity contribution in [3.8, 4) is 0 Å². The molecule has 0 saturated carbocycles. The molecular formula is C9H9ClF2N2O. The first kappa shape index (κ1) is 11.7. The Morgan fingerprint density at radius 1 is 1.40 bits per heavy atom. The molecule has 0 unspecified atom stereocenters. The summed E-state index contributed by atoms with van der Waals surface area (Å²) in [4.78, 5) is 11.1. The Morgan fingerprint density at radius 3 is 2.80 bits per heavy atom. The van der Waals surface area contributed by atoms with E-state index >= 15 is 0 Å². The number of hydrogen-bond acceptors (Lipinski definition) is 1. The standard InChI is InChI=1S/C9H9ClF2N2O/c10-3-4-13-9(15)14-8-5-6(11)1-2-7(8)12/h1-2,5H,3-4H2,(H2,13,14,15). The SMILES string of the molecule is O=C(NCCCl)Nc1cc(F)ccc1F. The van der Waals surface area contributed by atoms with Crippen LogP contribution in [0.1, 0.15) is 0 Å². The molecular weight excluding hydrogens is 226 g/mol. The molecule has 2 amide bonds. The lowest BCUT2D eigenvalue weighted by Crippen LogP contribution is -2.30. The zero-order valence-electron chi connectivity index (χ0n) is 7.69. The maximum atomic E-state index is 13.0. The van der Waals surface area contributed by atoms with Gasteiger partial charge in [0.2, 0.25) is 0 Å². The number of hydrogen-bond donors (Lipinski definition) is 2. The van der Waals surface area contributed by atoms with Crippen molar-refractivity contribution in [1.29, 1.82) is 0 Å². The minimum Gasteiger partial charge on any atom is -0.337 e. The largest absolute Gasteiger partial charge is 0.337 e. The normalized spacial score (nSPS) is 9.80. The lowest BCUT2D eigenvalue weighted by molar-refractivity contribution is 0.252.